The van der Waals surface area contributed by atoms with Crippen molar-refractivity contribution in [1.29, 1.82) is 0 Å². The van der Waals surface area contributed by atoms with Gasteiger partial charge in [-0.25, -0.2) is 4.79 Å². The molecule has 1 unspecified atom stereocenters. The molecule has 158 valence electrons. The number of urea groups is 1. The highest BCUT2D eigenvalue weighted by Crippen LogP contribution is 2.30. The third kappa shape index (κ3) is 4.76. The fourth-order valence-corrected chi connectivity index (χ4v) is 3.50. The van der Waals surface area contributed by atoms with Gasteiger partial charge in [-0.15, -0.1) is 0 Å². The SMILES string of the molecule is CN(CCOc1ccc(Br)cc1)C(=O)CN1C(=O)NC(C)(c2cccc(Cl)c2)C1=O. The molecule has 1 atom stereocenters. The number of carbonyl (C=O) groups is 3. The molecule has 2 aromatic carbocycles. The van der Waals surface area contributed by atoms with Gasteiger partial charge >= 0.3 is 6.03 Å². The Hall–Kier alpha value is -2.58. The van der Waals surface area contributed by atoms with Gasteiger partial charge in [0.2, 0.25) is 5.91 Å². The zero-order chi connectivity index (χ0) is 21.9. The van der Waals surface area contributed by atoms with Crippen LogP contribution in [0.15, 0.2) is 53.0 Å². The van der Waals surface area contributed by atoms with Gasteiger partial charge in [0.15, 0.2) is 0 Å². The number of halogens is 2. The summed E-state index contributed by atoms with van der Waals surface area (Å²) < 4.78 is 6.55. The van der Waals surface area contributed by atoms with E-state index in [1.807, 2.05) is 24.3 Å². The molecule has 1 aliphatic rings. The minimum atomic E-state index is -1.27. The van der Waals surface area contributed by atoms with Gasteiger partial charge in [0.25, 0.3) is 5.91 Å². The lowest BCUT2D eigenvalue weighted by Gasteiger charge is -2.23. The molecule has 0 bridgehead atoms. The minimum Gasteiger partial charge on any atom is -0.492 e. The molecule has 0 aromatic heterocycles. The number of hydrogen-bond acceptors (Lipinski definition) is 4. The number of nitrogens with zero attached hydrogens (tertiary/aromatic N) is 2. The molecule has 1 fully saturated rings. The zero-order valence-corrected chi connectivity index (χ0v) is 18.9. The summed E-state index contributed by atoms with van der Waals surface area (Å²) in [5, 5.41) is 3.12. The van der Waals surface area contributed by atoms with E-state index in [1.165, 1.54) is 4.90 Å². The molecular weight excluding hydrogens is 474 g/mol. The maximum Gasteiger partial charge on any atom is 0.325 e. The number of rotatable bonds is 7. The van der Waals surface area contributed by atoms with Crippen LogP contribution in [0.25, 0.3) is 0 Å². The third-order valence-electron chi connectivity index (χ3n) is 4.91. The highest BCUT2D eigenvalue weighted by molar-refractivity contribution is 9.10. The van der Waals surface area contributed by atoms with Crippen LogP contribution in [0, 0.1) is 0 Å². The fraction of sp³-hybridized carbons (Fsp3) is 0.286. The largest absolute Gasteiger partial charge is 0.492 e. The lowest BCUT2D eigenvalue weighted by atomic mass is 9.92. The predicted molar refractivity (Wildman–Crippen MR) is 116 cm³/mol. The molecule has 9 heteroatoms. The van der Waals surface area contributed by atoms with Crippen molar-refractivity contribution in [2.45, 2.75) is 12.5 Å². The van der Waals surface area contributed by atoms with Crippen molar-refractivity contribution in [3.63, 3.8) is 0 Å². The van der Waals surface area contributed by atoms with E-state index in [0.717, 1.165) is 9.37 Å². The molecule has 7 nitrogen and oxygen atoms in total. The predicted octanol–water partition coefficient (Wildman–Crippen LogP) is 3.41. The lowest BCUT2D eigenvalue weighted by molar-refractivity contribution is -0.138. The first-order valence-electron chi connectivity index (χ1n) is 9.23. The van der Waals surface area contributed by atoms with Crippen molar-refractivity contribution in [2.75, 3.05) is 26.7 Å². The Balaban J connectivity index is 1.58. The Kier molecular flexibility index (Phi) is 6.67. The van der Waals surface area contributed by atoms with Gasteiger partial charge in [0.05, 0.1) is 6.54 Å². The van der Waals surface area contributed by atoms with Crippen molar-refractivity contribution < 1.29 is 19.1 Å². The van der Waals surface area contributed by atoms with Crippen LogP contribution in [0.2, 0.25) is 5.02 Å². The topological polar surface area (TPSA) is 79.0 Å². The van der Waals surface area contributed by atoms with E-state index in [2.05, 4.69) is 21.2 Å². The highest BCUT2D eigenvalue weighted by atomic mass is 79.9. The quantitative estimate of drug-likeness (QED) is 0.599. The van der Waals surface area contributed by atoms with Gasteiger partial charge in [-0.05, 0) is 48.9 Å². The Labute approximate surface area is 188 Å². The van der Waals surface area contributed by atoms with E-state index in [-0.39, 0.29) is 19.1 Å². The van der Waals surface area contributed by atoms with E-state index in [9.17, 15) is 14.4 Å². The van der Waals surface area contributed by atoms with Crippen molar-refractivity contribution >= 4 is 45.4 Å². The smallest absolute Gasteiger partial charge is 0.325 e. The molecule has 4 amide bonds. The van der Waals surface area contributed by atoms with Gasteiger partial charge in [0.1, 0.15) is 24.4 Å². The average molecular weight is 495 g/mol. The fourth-order valence-electron chi connectivity index (χ4n) is 3.05. The van der Waals surface area contributed by atoms with Crippen molar-refractivity contribution in [3.8, 4) is 5.75 Å². The molecule has 1 heterocycles. The number of amides is 4. The minimum absolute atomic E-state index is 0.282. The number of imide groups is 1. The number of likely N-dealkylation sites (N-methyl/N-ethyl adjacent to an activating group) is 1. The van der Waals surface area contributed by atoms with E-state index >= 15 is 0 Å². The lowest BCUT2D eigenvalue weighted by Crippen LogP contribution is -2.44. The van der Waals surface area contributed by atoms with Crippen LogP contribution in [0.4, 0.5) is 4.79 Å². The van der Waals surface area contributed by atoms with E-state index < -0.39 is 17.5 Å². The van der Waals surface area contributed by atoms with Gasteiger partial charge in [-0.2, -0.15) is 0 Å². The Morgan fingerprint density at radius 2 is 1.93 bits per heavy atom. The highest BCUT2D eigenvalue weighted by Gasteiger charge is 2.49. The normalized spacial score (nSPS) is 18.3. The maximum absolute atomic E-state index is 12.9. The second kappa shape index (κ2) is 9.06. The second-order valence-corrected chi connectivity index (χ2v) is 8.43. The monoisotopic (exact) mass is 493 g/mol. The molecule has 1 aliphatic heterocycles. The first-order valence-corrected chi connectivity index (χ1v) is 10.4. The van der Waals surface area contributed by atoms with Crippen molar-refractivity contribution in [1.82, 2.24) is 15.1 Å². The summed E-state index contributed by atoms with van der Waals surface area (Å²) in [5.74, 6) is -0.179. The zero-order valence-electron chi connectivity index (χ0n) is 16.5. The molecule has 0 radical (unpaired) electrons. The van der Waals surface area contributed by atoms with E-state index in [1.54, 1.807) is 38.2 Å². The van der Waals surface area contributed by atoms with Gasteiger partial charge in [0, 0.05) is 16.5 Å². The van der Waals surface area contributed by atoms with Crippen LogP contribution in [0.3, 0.4) is 0 Å². The van der Waals surface area contributed by atoms with Crippen LogP contribution < -0.4 is 10.1 Å². The summed E-state index contributed by atoms with van der Waals surface area (Å²) in [6, 6.07) is 13.5. The summed E-state index contributed by atoms with van der Waals surface area (Å²) >= 11 is 9.37. The van der Waals surface area contributed by atoms with Crippen LogP contribution >= 0.6 is 27.5 Å². The van der Waals surface area contributed by atoms with Gasteiger partial charge < -0.3 is 15.0 Å². The van der Waals surface area contributed by atoms with Crippen molar-refractivity contribution in [2.24, 2.45) is 0 Å². The molecule has 0 saturated carbocycles. The van der Waals surface area contributed by atoms with Crippen LogP contribution in [-0.2, 0) is 15.1 Å². The number of carbonyl (C=O) groups excluding carboxylic acids is 3. The molecule has 1 saturated heterocycles. The first-order chi connectivity index (χ1) is 14.2. The number of ether oxygens (including phenoxy) is 1. The van der Waals surface area contributed by atoms with Gasteiger partial charge in [-0.3, -0.25) is 14.5 Å². The van der Waals surface area contributed by atoms with Crippen LogP contribution in [0.5, 0.6) is 5.75 Å². The third-order valence-corrected chi connectivity index (χ3v) is 5.67. The summed E-state index contributed by atoms with van der Waals surface area (Å²) in [5.41, 5.74) is -0.717. The summed E-state index contributed by atoms with van der Waals surface area (Å²) in [6.45, 7) is 1.84. The first kappa shape index (κ1) is 22.1. The van der Waals surface area contributed by atoms with Crippen LogP contribution in [0.1, 0.15) is 12.5 Å². The van der Waals surface area contributed by atoms with Gasteiger partial charge in [-0.1, -0.05) is 39.7 Å². The molecular formula is C21H21BrClN3O4. The standard InChI is InChI=1S/C21H21BrClN3O4/c1-21(14-4-3-5-16(23)12-14)19(28)26(20(29)24-21)13-18(27)25(2)10-11-30-17-8-6-15(22)7-9-17/h3-9,12H,10-11,13H2,1-2H3,(H,24,29). The Morgan fingerprint density at radius 1 is 1.23 bits per heavy atom. The number of hydrogen-bond donors (Lipinski definition) is 1. The summed E-state index contributed by atoms with van der Waals surface area (Å²) in [4.78, 5) is 40.2. The summed E-state index contributed by atoms with van der Waals surface area (Å²) in [6.07, 6.45) is 0. The molecule has 3 rings (SSSR count). The Bertz CT molecular complexity index is 969. The summed E-state index contributed by atoms with van der Waals surface area (Å²) in [7, 11) is 1.60. The molecule has 0 aliphatic carbocycles. The van der Waals surface area contributed by atoms with Crippen LogP contribution in [-0.4, -0.2) is 54.4 Å². The molecule has 30 heavy (non-hydrogen) atoms. The van der Waals surface area contributed by atoms with E-state index in [0.29, 0.717) is 22.9 Å². The van der Waals surface area contributed by atoms with Crippen molar-refractivity contribution in [3.05, 3.63) is 63.6 Å². The second-order valence-electron chi connectivity index (χ2n) is 7.07. The molecule has 1 N–H and O–H groups in total. The number of nitrogens with one attached hydrogen (secondary N) is 1. The molecule has 2 aromatic rings. The number of benzene rings is 2. The molecule has 0 spiro atoms. The maximum atomic E-state index is 12.9. The van der Waals surface area contributed by atoms with E-state index in [4.69, 9.17) is 16.3 Å². The Morgan fingerprint density at radius 3 is 2.60 bits per heavy atom. The average Bonchev–Trinajstić information content (AvgIpc) is 2.93.